The number of unbranched alkanes of at least 4 members (excludes halogenated alkanes) is 11. The fraction of sp³-hybridized carbons (Fsp3) is 0.412. The molecule has 0 bridgehead atoms. The Morgan fingerprint density at radius 1 is 0.568 bits per heavy atom. The highest BCUT2D eigenvalue weighted by Gasteiger charge is 2.23. The SMILES string of the molecule is CCCCCCCCCCCCCCOc1ccc(C=C2c3cc(Br)ccc3-c3ccc(Br)cc32)cc1. The van der Waals surface area contributed by atoms with Crippen LogP contribution in [0.1, 0.15) is 101 Å². The molecule has 0 amide bonds. The van der Waals surface area contributed by atoms with Crippen molar-refractivity contribution in [2.75, 3.05) is 6.61 Å². The second-order valence-corrected chi connectivity index (χ2v) is 12.1. The summed E-state index contributed by atoms with van der Waals surface area (Å²) < 4.78 is 8.24. The fourth-order valence-electron chi connectivity index (χ4n) is 5.21. The Labute approximate surface area is 241 Å². The molecule has 3 aromatic carbocycles. The minimum absolute atomic E-state index is 0.806. The normalized spacial score (nSPS) is 11.9. The van der Waals surface area contributed by atoms with E-state index < -0.39 is 0 Å². The molecule has 0 atom stereocenters. The van der Waals surface area contributed by atoms with E-state index in [2.05, 4.69) is 106 Å². The zero-order chi connectivity index (χ0) is 25.9. The lowest BCUT2D eigenvalue weighted by molar-refractivity contribution is 0.304. The molecule has 0 heterocycles. The molecule has 3 aromatic rings. The van der Waals surface area contributed by atoms with Gasteiger partial charge in [0.1, 0.15) is 5.75 Å². The molecule has 1 aliphatic carbocycles. The number of rotatable bonds is 15. The first-order valence-electron chi connectivity index (χ1n) is 14.2. The van der Waals surface area contributed by atoms with E-state index in [0.717, 1.165) is 27.7 Å². The van der Waals surface area contributed by atoms with Crippen LogP contribution < -0.4 is 4.74 Å². The molecule has 0 N–H and O–H groups in total. The van der Waals surface area contributed by atoms with Crippen LogP contribution in [0.3, 0.4) is 0 Å². The maximum absolute atomic E-state index is 6.03. The van der Waals surface area contributed by atoms with Crippen LogP contribution in [0, 0.1) is 0 Å². The van der Waals surface area contributed by atoms with Crippen molar-refractivity contribution in [3.8, 4) is 16.9 Å². The quantitative estimate of drug-likeness (QED) is 0.120. The van der Waals surface area contributed by atoms with Crippen molar-refractivity contribution < 1.29 is 4.74 Å². The fourth-order valence-corrected chi connectivity index (χ4v) is 5.93. The first-order chi connectivity index (χ1) is 18.2. The minimum Gasteiger partial charge on any atom is -0.494 e. The number of halogens is 2. The molecule has 0 saturated heterocycles. The standard InChI is InChI=1S/C34H40Br2O/c1-2-3-4-5-6-7-8-9-10-11-12-13-22-37-29-18-14-26(15-19-29)23-32-33-24-27(35)16-20-30(33)31-21-17-28(36)25-34(31)32/h14-21,23-25H,2-13,22H2,1H3. The summed E-state index contributed by atoms with van der Waals surface area (Å²) in [6.07, 6.45) is 18.7. The van der Waals surface area contributed by atoms with Crippen molar-refractivity contribution in [3.05, 3.63) is 86.3 Å². The van der Waals surface area contributed by atoms with Crippen molar-refractivity contribution >= 4 is 43.5 Å². The zero-order valence-electron chi connectivity index (χ0n) is 22.2. The molecule has 1 aliphatic rings. The minimum atomic E-state index is 0.806. The third kappa shape index (κ3) is 8.32. The molecular weight excluding hydrogens is 584 g/mol. The van der Waals surface area contributed by atoms with E-state index in [4.69, 9.17) is 4.74 Å². The van der Waals surface area contributed by atoms with Crippen LogP contribution >= 0.6 is 31.9 Å². The summed E-state index contributed by atoms with van der Waals surface area (Å²) in [6.45, 7) is 3.09. The van der Waals surface area contributed by atoms with Crippen LogP contribution in [-0.2, 0) is 0 Å². The van der Waals surface area contributed by atoms with Gasteiger partial charge in [-0.15, -0.1) is 0 Å². The van der Waals surface area contributed by atoms with E-state index in [-0.39, 0.29) is 0 Å². The van der Waals surface area contributed by atoms with Crippen molar-refractivity contribution in [2.45, 2.75) is 84.0 Å². The van der Waals surface area contributed by atoms with Gasteiger partial charge in [-0.05, 0) is 82.3 Å². The van der Waals surface area contributed by atoms with Crippen LogP contribution in [0.25, 0.3) is 22.8 Å². The van der Waals surface area contributed by atoms with Gasteiger partial charge in [-0.2, -0.15) is 0 Å². The van der Waals surface area contributed by atoms with E-state index in [9.17, 15) is 0 Å². The van der Waals surface area contributed by atoms with Crippen LogP contribution in [-0.4, -0.2) is 6.61 Å². The molecule has 4 rings (SSSR count). The van der Waals surface area contributed by atoms with Crippen molar-refractivity contribution in [3.63, 3.8) is 0 Å². The molecule has 0 aliphatic heterocycles. The summed E-state index contributed by atoms with van der Waals surface area (Å²) in [5.41, 5.74) is 7.58. The number of fused-ring (bicyclic) bond motifs is 3. The third-order valence-electron chi connectivity index (χ3n) is 7.29. The van der Waals surface area contributed by atoms with Gasteiger partial charge < -0.3 is 4.74 Å². The molecule has 0 saturated carbocycles. The molecular formula is C34H40Br2O. The van der Waals surface area contributed by atoms with Crippen molar-refractivity contribution in [2.24, 2.45) is 0 Å². The summed E-state index contributed by atoms with van der Waals surface area (Å²) in [7, 11) is 0. The molecule has 37 heavy (non-hydrogen) atoms. The molecule has 0 spiro atoms. The highest BCUT2D eigenvalue weighted by Crippen LogP contribution is 2.46. The Hall–Kier alpha value is -1.84. The van der Waals surface area contributed by atoms with E-state index in [1.165, 1.54) is 104 Å². The number of benzene rings is 3. The van der Waals surface area contributed by atoms with Gasteiger partial charge in [0, 0.05) is 8.95 Å². The lowest BCUT2D eigenvalue weighted by Gasteiger charge is -2.08. The molecule has 3 heteroatoms. The predicted molar refractivity (Wildman–Crippen MR) is 167 cm³/mol. The lowest BCUT2D eigenvalue weighted by atomic mass is 10.0. The number of ether oxygens (including phenoxy) is 1. The van der Waals surface area contributed by atoms with Crippen LogP contribution in [0.15, 0.2) is 69.6 Å². The summed E-state index contributed by atoms with van der Waals surface area (Å²) >= 11 is 7.31. The smallest absolute Gasteiger partial charge is 0.119 e. The van der Waals surface area contributed by atoms with E-state index >= 15 is 0 Å². The molecule has 196 valence electrons. The first-order valence-corrected chi connectivity index (χ1v) is 15.8. The molecule has 0 radical (unpaired) electrons. The highest BCUT2D eigenvalue weighted by atomic mass is 79.9. The van der Waals surface area contributed by atoms with E-state index in [0.29, 0.717) is 0 Å². The number of hydrogen-bond donors (Lipinski definition) is 0. The van der Waals surface area contributed by atoms with Gasteiger partial charge in [0.15, 0.2) is 0 Å². The topological polar surface area (TPSA) is 9.23 Å². The Bertz CT molecular complexity index is 1110. The van der Waals surface area contributed by atoms with Gasteiger partial charge in [0.05, 0.1) is 6.61 Å². The second kappa shape index (κ2) is 14.9. The van der Waals surface area contributed by atoms with Gasteiger partial charge >= 0.3 is 0 Å². The predicted octanol–water partition coefficient (Wildman–Crippen LogP) is 11.9. The van der Waals surface area contributed by atoms with Gasteiger partial charge in [-0.1, -0.05) is 134 Å². The lowest BCUT2D eigenvalue weighted by Crippen LogP contribution is -1.97. The van der Waals surface area contributed by atoms with Gasteiger partial charge in [0.25, 0.3) is 0 Å². The summed E-state index contributed by atoms with van der Waals surface area (Å²) in [5.74, 6) is 0.961. The first kappa shape index (κ1) is 28.2. The molecule has 0 aromatic heterocycles. The average molecular weight is 625 g/mol. The number of hydrogen-bond acceptors (Lipinski definition) is 1. The van der Waals surface area contributed by atoms with E-state index in [1.54, 1.807) is 0 Å². The van der Waals surface area contributed by atoms with Gasteiger partial charge in [-0.3, -0.25) is 0 Å². The average Bonchev–Trinajstić information content (AvgIpc) is 3.19. The van der Waals surface area contributed by atoms with Crippen LogP contribution in [0.5, 0.6) is 5.75 Å². The van der Waals surface area contributed by atoms with Crippen molar-refractivity contribution in [1.82, 2.24) is 0 Å². The largest absolute Gasteiger partial charge is 0.494 e. The summed E-state index contributed by atoms with van der Waals surface area (Å²) in [4.78, 5) is 0. The Morgan fingerprint density at radius 3 is 1.57 bits per heavy atom. The van der Waals surface area contributed by atoms with Gasteiger partial charge in [0.2, 0.25) is 0 Å². The Balaban J connectivity index is 1.21. The second-order valence-electron chi connectivity index (χ2n) is 10.2. The zero-order valence-corrected chi connectivity index (χ0v) is 25.4. The van der Waals surface area contributed by atoms with Crippen LogP contribution in [0.2, 0.25) is 0 Å². The highest BCUT2D eigenvalue weighted by molar-refractivity contribution is 9.10. The summed E-state index contributed by atoms with van der Waals surface area (Å²) in [5, 5.41) is 0. The van der Waals surface area contributed by atoms with E-state index in [1.807, 2.05) is 0 Å². The van der Waals surface area contributed by atoms with Crippen molar-refractivity contribution in [1.29, 1.82) is 0 Å². The monoisotopic (exact) mass is 622 g/mol. The Kier molecular flexibility index (Phi) is 11.4. The summed E-state index contributed by atoms with van der Waals surface area (Å²) in [6, 6.07) is 21.6. The molecule has 0 fully saturated rings. The third-order valence-corrected chi connectivity index (χ3v) is 8.28. The van der Waals surface area contributed by atoms with Gasteiger partial charge in [-0.25, -0.2) is 0 Å². The molecule has 1 nitrogen and oxygen atoms in total. The Morgan fingerprint density at radius 2 is 1.05 bits per heavy atom. The van der Waals surface area contributed by atoms with Crippen LogP contribution in [0.4, 0.5) is 0 Å². The molecule has 0 unspecified atom stereocenters. The maximum atomic E-state index is 6.03. The maximum Gasteiger partial charge on any atom is 0.119 e.